The third-order valence-electron chi connectivity index (χ3n) is 3.91. The van der Waals surface area contributed by atoms with Gasteiger partial charge in [0, 0.05) is 18.7 Å². The summed E-state index contributed by atoms with van der Waals surface area (Å²) in [4.78, 5) is 8.39. The lowest BCUT2D eigenvalue weighted by Crippen LogP contribution is -2.19. The molecule has 1 aliphatic rings. The van der Waals surface area contributed by atoms with Gasteiger partial charge in [-0.05, 0) is 37.1 Å². The lowest BCUT2D eigenvalue weighted by molar-refractivity contribution is 0.120. The molecule has 118 valence electrons. The molecule has 1 N–H and O–H groups in total. The maximum Gasteiger partial charge on any atom is 0.263 e. The summed E-state index contributed by atoms with van der Waals surface area (Å²) in [7, 11) is 0. The summed E-state index contributed by atoms with van der Waals surface area (Å²) >= 11 is 0. The first-order valence-corrected chi connectivity index (χ1v) is 7.53. The van der Waals surface area contributed by atoms with Crippen LogP contribution in [-0.4, -0.2) is 34.4 Å². The molecule has 0 amide bonds. The van der Waals surface area contributed by atoms with Gasteiger partial charge in [-0.1, -0.05) is 5.16 Å². The molecule has 3 aromatic rings. The molecular formula is C16H15FN4O2. The first-order chi connectivity index (χ1) is 11.3. The summed E-state index contributed by atoms with van der Waals surface area (Å²) in [6.45, 7) is 1.47. The Hall–Kier alpha value is -2.54. The quantitative estimate of drug-likeness (QED) is 0.798. The van der Waals surface area contributed by atoms with Crippen LogP contribution in [0, 0.1) is 5.82 Å². The summed E-state index contributed by atoms with van der Waals surface area (Å²) in [5.41, 5.74) is 1.74. The second kappa shape index (κ2) is 5.92. The van der Waals surface area contributed by atoms with Crippen molar-refractivity contribution in [2.75, 3.05) is 18.5 Å². The number of ether oxygens (including phenoxy) is 1. The molecule has 4 rings (SSSR count). The average molecular weight is 314 g/mol. The second-order valence-corrected chi connectivity index (χ2v) is 5.46. The maximum atomic E-state index is 13.1. The summed E-state index contributed by atoms with van der Waals surface area (Å²) < 4.78 is 24.0. The Morgan fingerprint density at radius 2 is 2.09 bits per heavy atom. The molecule has 1 aromatic carbocycles. The number of nitrogens with one attached hydrogen (secondary N) is 1. The largest absolute Gasteiger partial charge is 0.376 e. The van der Waals surface area contributed by atoms with E-state index in [-0.39, 0.29) is 11.9 Å². The van der Waals surface area contributed by atoms with Gasteiger partial charge in [0.25, 0.3) is 5.71 Å². The van der Waals surface area contributed by atoms with Crippen LogP contribution in [0.15, 0.2) is 35.1 Å². The van der Waals surface area contributed by atoms with Crippen molar-refractivity contribution in [2.45, 2.75) is 18.9 Å². The molecule has 0 bridgehead atoms. The van der Waals surface area contributed by atoms with E-state index in [2.05, 4.69) is 20.4 Å². The Kier molecular flexibility index (Phi) is 3.63. The van der Waals surface area contributed by atoms with E-state index in [0.717, 1.165) is 25.0 Å². The standard InChI is InChI=1S/C16H15FN4O2/c17-11-5-3-10(4-6-11)14-13-15(18-8-12-2-1-7-22-12)19-9-20-16(13)23-21-14/h3-6,9,12H,1-2,7-8H2,(H,18,19,20)/t12-/m0/s1. The van der Waals surface area contributed by atoms with Gasteiger partial charge in [-0.2, -0.15) is 4.98 Å². The van der Waals surface area contributed by atoms with Gasteiger partial charge in [0.2, 0.25) is 0 Å². The highest BCUT2D eigenvalue weighted by Gasteiger charge is 2.19. The minimum absolute atomic E-state index is 0.189. The van der Waals surface area contributed by atoms with Gasteiger partial charge in [-0.3, -0.25) is 0 Å². The van der Waals surface area contributed by atoms with Crippen LogP contribution in [0.2, 0.25) is 0 Å². The van der Waals surface area contributed by atoms with E-state index < -0.39 is 0 Å². The van der Waals surface area contributed by atoms with Crippen molar-refractivity contribution in [3.8, 4) is 11.3 Å². The molecule has 0 saturated carbocycles. The molecule has 23 heavy (non-hydrogen) atoms. The van der Waals surface area contributed by atoms with Crippen LogP contribution < -0.4 is 5.32 Å². The fourth-order valence-corrected chi connectivity index (χ4v) is 2.74. The van der Waals surface area contributed by atoms with E-state index in [0.29, 0.717) is 29.2 Å². The topological polar surface area (TPSA) is 73.1 Å². The molecule has 0 spiro atoms. The number of hydrogen-bond donors (Lipinski definition) is 1. The van der Waals surface area contributed by atoms with Crippen molar-refractivity contribution in [3.05, 3.63) is 36.4 Å². The van der Waals surface area contributed by atoms with Crippen LogP contribution in [0.4, 0.5) is 10.2 Å². The molecule has 6 nitrogen and oxygen atoms in total. The second-order valence-electron chi connectivity index (χ2n) is 5.46. The highest BCUT2D eigenvalue weighted by atomic mass is 19.1. The van der Waals surface area contributed by atoms with Crippen molar-refractivity contribution in [1.82, 2.24) is 15.1 Å². The first kappa shape index (κ1) is 14.1. The third kappa shape index (κ3) is 2.75. The van der Waals surface area contributed by atoms with E-state index in [1.54, 1.807) is 12.1 Å². The maximum absolute atomic E-state index is 13.1. The number of rotatable bonds is 4. The molecule has 0 unspecified atom stereocenters. The summed E-state index contributed by atoms with van der Waals surface area (Å²) in [6, 6.07) is 6.09. The normalized spacial score (nSPS) is 17.7. The fourth-order valence-electron chi connectivity index (χ4n) is 2.74. The van der Waals surface area contributed by atoms with Gasteiger partial charge in [0.05, 0.1) is 6.10 Å². The molecule has 3 heterocycles. The third-order valence-corrected chi connectivity index (χ3v) is 3.91. The molecule has 7 heteroatoms. The van der Waals surface area contributed by atoms with Crippen LogP contribution >= 0.6 is 0 Å². The van der Waals surface area contributed by atoms with Gasteiger partial charge >= 0.3 is 0 Å². The average Bonchev–Trinajstić information content (AvgIpc) is 3.23. The Morgan fingerprint density at radius 1 is 1.22 bits per heavy atom. The van der Waals surface area contributed by atoms with Crippen LogP contribution in [0.1, 0.15) is 12.8 Å². The Balaban J connectivity index is 1.69. The number of benzene rings is 1. The van der Waals surface area contributed by atoms with Gasteiger partial charge in [-0.15, -0.1) is 0 Å². The summed E-state index contributed by atoms with van der Waals surface area (Å²) in [5.74, 6) is 0.348. The molecule has 1 atom stereocenters. The van der Waals surface area contributed by atoms with Crippen molar-refractivity contribution in [1.29, 1.82) is 0 Å². The smallest absolute Gasteiger partial charge is 0.263 e. The van der Waals surface area contributed by atoms with Crippen LogP contribution in [0.5, 0.6) is 0 Å². The minimum atomic E-state index is -0.297. The zero-order valence-electron chi connectivity index (χ0n) is 12.3. The predicted molar refractivity (Wildman–Crippen MR) is 82.5 cm³/mol. The van der Waals surface area contributed by atoms with Crippen molar-refractivity contribution in [2.24, 2.45) is 0 Å². The van der Waals surface area contributed by atoms with E-state index in [4.69, 9.17) is 9.26 Å². The van der Waals surface area contributed by atoms with Crippen molar-refractivity contribution in [3.63, 3.8) is 0 Å². The van der Waals surface area contributed by atoms with Crippen molar-refractivity contribution < 1.29 is 13.7 Å². The number of nitrogens with zero attached hydrogens (tertiary/aromatic N) is 3. The molecule has 1 saturated heterocycles. The number of anilines is 1. The lowest BCUT2D eigenvalue weighted by atomic mass is 10.1. The van der Waals surface area contributed by atoms with E-state index in [1.165, 1.54) is 18.5 Å². The van der Waals surface area contributed by atoms with Gasteiger partial charge in [0.15, 0.2) is 0 Å². The molecule has 0 radical (unpaired) electrons. The zero-order valence-corrected chi connectivity index (χ0v) is 12.3. The van der Waals surface area contributed by atoms with E-state index in [9.17, 15) is 4.39 Å². The highest BCUT2D eigenvalue weighted by molar-refractivity contribution is 5.97. The number of fused-ring (bicyclic) bond motifs is 1. The Labute approximate surface area is 131 Å². The van der Waals surface area contributed by atoms with Gasteiger partial charge in [0.1, 0.15) is 29.0 Å². The van der Waals surface area contributed by atoms with E-state index in [1.807, 2.05) is 0 Å². The molecule has 1 fully saturated rings. The molecule has 2 aromatic heterocycles. The summed E-state index contributed by atoms with van der Waals surface area (Å²) in [6.07, 6.45) is 3.74. The van der Waals surface area contributed by atoms with Gasteiger partial charge < -0.3 is 14.6 Å². The Bertz CT molecular complexity index is 813. The number of hydrogen-bond acceptors (Lipinski definition) is 6. The van der Waals surface area contributed by atoms with Crippen LogP contribution in [0.25, 0.3) is 22.4 Å². The number of halogens is 1. The zero-order chi connectivity index (χ0) is 15.6. The Morgan fingerprint density at radius 3 is 2.87 bits per heavy atom. The highest BCUT2D eigenvalue weighted by Crippen LogP contribution is 2.31. The van der Waals surface area contributed by atoms with Crippen LogP contribution in [0.3, 0.4) is 0 Å². The SMILES string of the molecule is Fc1ccc(-c2noc3ncnc(NC[C@@H]4CCCO4)c23)cc1. The summed E-state index contributed by atoms with van der Waals surface area (Å²) in [5, 5.41) is 8.04. The van der Waals surface area contributed by atoms with Crippen molar-refractivity contribution >= 4 is 16.9 Å². The predicted octanol–water partition coefficient (Wildman–Crippen LogP) is 3.01. The first-order valence-electron chi connectivity index (χ1n) is 7.53. The lowest BCUT2D eigenvalue weighted by Gasteiger charge is -2.11. The van der Waals surface area contributed by atoms with E-state index >= 15 is 0 Å². The number of aromatic nitrogens is 3. The fraction of sp³-hybridized carbons (Fsp3) is 0.312. The molecular weight excluding hydrogens is 299 g/mol. The van der Waals surface area contributed by atoms with Gasteiger partial charge in [-0.25, -0.2) is 9.37 Å². The van der Waals surface area contributed by atoms with Crippen LogP contribution in [-0.2, 0) is 4.74 Å². The molecule has 1 aliphatic heterocycles. The monoisotopic (exact) mass is 314 g/mol. The minimum Gasteiger partial charge on any atom is -0.376 e. The molecule has 0 aliphatic carbocycles.